The van der Waals surface area contributed by atoms with Crippen LogP contribution in [0.2, 0.25) is 0 Å². The molecule has 2 aliphatic heterocycles. The molecule has 33 heavy (non-hydrogen) atoms. The average molecular weight is 453 g/mol. The number of pyridine rings is 1. The van der Waals surface area contributed by atoms with Crippen LogP contribution < -0.4 is 19.9 Å². The van der Waals surface area contributed by atoms with E-state index in [0.29, 0.717) is 12.0 Å². The second kappa shape index (κ2) is 8.23. The summed E-state index contributed by atoms with van der Waals surface area (Å²) in [5.74, 6) is -2.15. The van der Waals surface area contributed by atoms with E-state index < -0.39 is 23.2 Å². The first kappa shape index (κ1) is 21.0. The van der Waals surface area contributed by atoms with E-state index in [9.17, 15) is 18.4 Å². The molecule has 0 N–H and O–H groups in total. The van der Waals surface area contributed by atoms with Crippen LogP contribution in [0.3, 0.4) is 0 Å². The van der Waals surface area contributed by atoms with Crippen molar-refractivity contribution in [1.82, 2.24) is 9.58 Å². The molecule has 0 bridgehead atoms. The summed E-state index contributed by atoms with van der Waals surface area (Å²) in [7, 11) is 1.63. The molecule has 2 aliphatic rings. The maximum atomic E-state index is 14.0. The molecule has 1 unspecified atom stereocenters. The fourth-order valence-corrected chi connectivity index (χ4v) is 4.23. The number of carbonyl (C=O) groups excluding carboxylic acids is 1. The monoisotopic (exact) mass is 453 g/mol. The van der Waals surface area contributed by atoms with Gasteiger partial charge in [0.05, 0.1) is 13.2 Å². The summed E-state index contributed by atoms with van der Waals surface area (Å²) in [6, 6.07) is 12.8. The van der Waals surface area contributed by atoms with Crippen LogP contribution in [0.5, 0.6) is 11.5 Å². The van der Waals surface area contributed by atoms with Crippen molar-refractivity contribution in [3.05, 3.63) is 93.4 Å². The maximum absolute atomic E-state index is 14.0. The molecule has 5 rings (SSSR count). The molecule has 0 fully saturated rings. The van der Waals surface area contributed by atoms with Crippen LogP contribution in [0.4, 0.5) is 8.78 Å². The van der Waals surface area contributed by atoms with Crippen molar-refractivity contribution in [1.29, 1.82) is 0 Å². The van der Waals surface area contributed by atoms with Crippen LogP contribution in [0.1, 0.15) is 28.0 Å². The Kier molecular flexibility index (Phi) is 5.24. The van der Waals surface area contributed by atoms with E-state index in [1.807, 2.05) is 35.3 Å². The van der Waals surface area contributed by atoms with Crippen molar-refractivity contribution >= 4 is 5.91 Å². The molecule has 1 atom stereocenters. The first-order valence-corrected chi connectivity index (χ1v) is 10.5. The van der Waals surface area contributed by atoms with Gasteiger partial charge in [-0.15, -0.1) is 0 Å². The topological polar surface area (TPSA) is 64.0 Å². The zero-order valence-electron chi connectivity index (χ0n) is 17.8. The second-order valence-corrected chi connectivity index (χ2v) is 7.98. The van der Waals surface area contributed by atoms with E-state index in [1.54, 1.807) is 11.7 Å². The molecule has 2 aromatic carbocycles. The minimum Gasteiger partial charge on any atom is -0.493 e. The number of nitrogens with zero attached hydrogens (tertiary/aromatic N) is 3. The van der Waals surface area contributed by atoms with Gasteiger partial charge in [-0.2, -0.15) is 0 Å². The molecule has 3 aromatic rings. The largest absolute Gasteiger partial charge is 0.493 e. The molecule has 0 saturated carbocycles. The third-order valence-electron chi connectivity index (χ3n) is 5.92. The number of halogens is 2. The van der Waals surface area contributed by atoms with Crippen molar-refractivity contribution < 1.29 is 23.0 Å². The minimum atomic E-state index is -0.988. The van der Waals surface area contributed by atoms with Gasteiger partial charge in [0.25, 0.3) is 5.91 Å². The molecule has 3 heterocycles. The summed E-state index contributed by atoms with van der Waals surface area (Å²) in [6.45, 7) is 0.446. The minimum absolute atomic E-state index is 0.0551. The summed E-state index contributed by atoms with van der Waals surface area (Å²) < 4.78 is 40.8. The van der Waals surface area contributed by atoms with Crippen molar-refractivity contribution in [2.45, 2.75) is 25.7 Å². The second-order valence-electron chi connectivity index (χ2n) is 7.98. The van der Waals surface area contributed by atoms with Gasteiger partial charge in [-0.05, 0) is 11.6 Å². The molecular weight excluding hydrogens is 432 g/mol. The van der Waals surface area contributed by atoms with Crippen LogP contribution in [-0.4, -0.2) is 35.3 Å². The standard InChI is InChI=1S/C24H21F2N3O4/c1-27-21-8-10-32-20-12-18(26)17(25)11-16(20)13-29(21)28-9-7-19(30)23(22(28)24(27)31)33-14-15-5-3-2-4-6-15/h2-7,9,11-12,21H,8,10,13-14H2,1H3. The SMILES string of the molecule is CN1C(=O)c2c(OCc3ccccc3)c(=O)ccn2N2Cc3cc(F)c(F)cc3OCCC12. The van der Waals surface area contributed by atoms with Crippen molar-refractivity contribution in [3.8, 4) is 11.5 Å². The molecule has 0 spiro atoms. The smallest absolute Gasteiger partial charge is 0.277 e. The number of ether oxygens (including phenoxy) is 2. The fraction of sp³-hybridized carbons (Fsp3) is 0.250. The highest BCUT2D eigenvalue weighted by Gasteiger charge is 2.39. The van der Waals surface area contributed by atoms with Gasteiger partial charge in [-0.25, -0.2) is 8.78 Å². The van der Waals surface area contributed by atoms with E-state index in [1.165, 1.54) is 17.2 Å². The van der Waals surface area contributed by atoms with Crippen LogP contribution in [-0.2, 0) is 13.2 Å². The lowest BCUT2D eigenvalue weighted by atomic mass is 10.1. The molecule has 9 heteroatoms. The molecule has 0 radical (unpaired) electrons. The molecular formula is C24H21F2N3O4. The molecule has 7 nitrogen and oxygen atoms in total. The van der Waals surface area contributed by atoms with Crippen molar-refractivity contribution in [3.63, 3.8) is 0 Å². The summed E-state index contributed by atoms with van der Waals surface area (Å²) >= 11 is 0. The Balaban J connectivity index is 1.58. The van der Waals surface area contributed by atoms with E-state index in [2.05, 4.69) is 0 Å². The van der Waals surface area contributed by atoms with Crippen LogP contribution in [0, 0.1) is 11.6 Å². The van der Waals surface area contributed by atoms with E-state index in [0.717, 1.165) is 17.7 Å². The number of benzene rings is 2. The molecule has 1 aromatic heterocycles. The van der Waals surface area contributed by atoms with Gasteiger partial charge in [0.2, 0.25) is 5.43 Å². The van der Waals surface area contributed by atoms with Gasteiger partial charge in [0.15, 0.2) is 23.1 Å². The number of rotatable bonds is 3. The number of fused-ring (bicyclic) bond motifs is 4. The quantitative estimate of drug-likeness (QED) is 0.610. The zero-order chi connectivity index (χ0) is 23.1. The Morgan fingerprint density at radius 1 is 1.09 bits per heavy atom. The summed E-state index contributed by atoms with van der Waals surface area (Å²) in [5.41, 5.74) is 0.950. The van der Waals surface area contributed by atoms with Gasteiger partial charge >= 0.3 is 0 Å². The third kappa shape index (κ3) is 3.69. The lowest BCUT2D eigenvalue weighted by Crippen LogP contribution is -2.60. The maximum Gasteiger partial charge on any atom is 0.277 e. The highest BCUT2D eigenvalue weighted by atomic mass is 19.2. The Labute approximate surface area is 188 Å². The summed E-state index contributed by atoms with van der Waals surface area (Å²) in [5, 5.41) is 1.82. The zero-order valence-corrected chi connectivity index (χ0v) is 17.8. The number of aromatic nitrogens is 1. The summed E-state index contributed by atoms with van der Waals surface area (Å²) in [4.78, 5) is 27.5. The van der Waals surface area contributed by atoms with Crippen LogP contribution in [0.25, 0.3) is 0 Å². The Morgan fingerprint density at radius 2 is 1.85 bits per heavy atom. The van der Waals surface area contributed by atoms with E-state index >= 15 is 0 Å². The van der Waals surface area contributed by atoms with Crippen molar-refractivity contribution in [2.24, 2.45) is 0 Å². The van der Waals surface area contributed by atoms with Crippen LogP contribution in [0.15, 0.2) is 59.5 Å². The molecule has 0 saturated heterocycles. The third-order valence-corrected chi connectivity index (χ3v) is 5.92. The lowest BCUT2D eigenvalue weighted by Gasteiger charge is -2.46. The van der Waals surface area contributed by atoms with Gasteiger partial charge in [0, 0.05) is 37.4 Å². The van der Waals surface area contributed by atoms with Crippen molar-refractivity contribution in [2.75, 3.05) is 18.7 Å². The Morgan fingerprint density at radius 3 is 2.64 bits per heavy atom. The van der Waals surface area contributed by atoms with Gasteiger partial charge in [0.1, 0.15) is 18.5 Å². The first-order chi connectivity index (χ1) is 15.9. The number of amides is 1. The fourth-order valence-electron chi connectivity index (χ4n) is 4.23. The highest BCUT2D eigenvalue weighted by molar-refractivity contribution is 5.96. The van der Waals surface area contributed by atoms with E-state index in [4.69, 9.17) is 9.47 Å². The van der Waals surface area contributed by atoms with Gasteiger partial charge < -0.3 is 14.4 Å². The predicted octanol–water partition coefficient (Wildman–Crippen LogP) is 3.04. The normalized spacial score (nSPS) is 17.3. The average Bonchev–Trinajstić information content (AvgIpc) is 2.80. The van der Waals surface area contributed by atoms with E-state index in [-0.39, 0.29) is 42.9 Å². The molecule has 0 aliphatic carbocycles. The highest BCUT2D eigenvalue weighted by Crippen LogP contribution is 2.31. The number of hydrogen-bond acceptors (Lipinski definition) is 5. The predicted molar refractivity (Wildman–Crippen MR) is 116 cm³/mol. The molecule has 1 amide bonds. The Bertz CT molecular complexity index is 1280. The summed E-state index contributed by atoms with van der Waals surface area (Å²) in [6.07, 6.45) is 1.51. The Hall–Kier alpha value is -3.88. The lowest BCUT2D eigenvalue weighted by molar-refractivity contribution is 0.0583. The van der Waals surface area contributed by atoms with Crippen LogP contribution >= 0.6 is 0 Å². The molecule has 170 valence electrons. The first-order valence-electron chi connectivity index (χ1n) is 10.5. The number of carbonyl (C=O) groups is 1. The number of hydrogen-bond donors (Lipinski definition) is 0. The van der Waals surface area contributed by atoms with Gasteiger partial charge in [-0.3, -0.25) is 19.3 Å². The van der Waals surface area contributed by atoms with Gasteiger partial charge in [-0.1, -0.05) is 30.3 Å².